The number of imidazole rings is 1. The highest BCUT2D eigenvalue weighted by atomic mass is 35.5. The number of aryl methyl sites for hydroxylation is 1. The Labute approximate surface area is 138 Å². The Hall–Kier alpha value is -2.72. The van der Waals surface area contributed by atoms with E-state index < -0.39 is 0 Å². The van der Waals surface area contributed by atoms with Gasteiger partial charge in [-0.15, -0.1) is 0 Å². The predicted molar refractivity (Wildman–Crippen MR) is 92.3 cm³/mol. The van der Waals surface area contributed by atoms with Crippen molar-refractivity contribution in [1.82, 2.24) is 19.9 Å². The van der Waals surface area contributed by atoms with E-state index in [1.807, 2.05) is 61.7 Å². The molecule has 3 heterocycles. The third-order valence-corrected chi connectivity index (χ3v) is 3.84. The molecule has 23 heavy (non-hydrogen) atoms. The SMILES string of the molecule is Cc1ccc(-c2cccc(-c3nc4ccc(Cl)cc4[nH]3)n2)nc1. The highest BCUT2D eigenvalue weighted by molar-refractivity contribution is 6.31. The first-order chi connectivity index (χ1) is 11.2. The number of nitrogens with zero attached hydrogens (tertiary/aromatic N) is 3. The van der Waals surface area contributed by atoms with Gasteiger partial charge in [0.05, 0.1) is 22.4 Å². The van der Waals surface area contributed by atoms with E-state index in [9.17, 15) is 0 Å². The molecule has 0 aliphatic carbocycles. The maximum absolute atomic E-state index is 6.02. The second kappa shape index (κ2) is 5.48. The molecule has 5 heteroatoms. The molecule has 0 unspecified atom stereocenters. The van der Waals surface area contributed by atoms with Crippen LogP contribution in [-0.2, 0) is 0 Å². The van der Waals surface area contributed by atoms with Crippen molar-refractivity contribution in [2.75, 3.05) is 0 Å². The van der Waals surface area contributed by atoms with Crippen molar-refractivity contribution in [2.45, 2.75) is 6.92 Å². The van der Waals surface area contributed by atoms with Gasteiger partial charge in [-0.1, -0.05) is 23.7 Å². The van der Waals surface area contributed by atoms with Gasteiger partial charge in [0.15, 0.2) is 5.82 Å². The van der Waals surface area contributed by atoms with E-state index >= 15 is 0 Å². The number of hydrogen-bond acceptors (Lipinski definition) is 3. The molecule has 0 amide bonds. The smallest absolute Gasteiger partial charge is 0.157 e. The lowest BCUT2D eigenvalue weighted by Crippen LogP contribution is -1.91. The van der Waals surface area contributed by atoms with Gasteiger partial charge >= 0.3 is 0 Å². The van der Waals surface area contributed by atoms with Crippen LogP contribution in [0.2, 0.25) is 5.02 Å². The van der Waals surface area contributed by atoms with Gasteiger partial charge in [0.25, 0.3) is 0 Å². The molecule has 112 valence electrons. The Kier molecular flexibility index (Phi) is 3.32. The molecule has 0 saturated heterocycles. The van der Waals surface area contributed by atoms with Crippen LogP contribution in [-0.4, -0.2) is 19.9 Å². The summed E-state index contributed by atoms with van der Waals surface area (Å²) in [5.41, 5.74) is 5.33. The minimum absolute atomic E-state index is 0.679. The average molecular weight is 321 g/mol. The van der Waals surface area contributed by atoms with Gasteiger partial charge in [-0.05, 0) is 48.9 Å². The number of pyridine rings is 2. The third kappa shape index (κ3) is 2.69. The Bertz CT molecular complexity index is 990. The van der Waals surface area contributed by atoms with Gasteiger partial charge in [-0.3, -0.25) is 4.98 Å². The van der Waals surface area contributed by atoms with Crippen LogP contribution in [0.4, 0.5) is 0 Å². The number of halogens is 1. The number of H-pyrrole nitrogens is 1. The van der Waals surface area contributed by atoms with Crippen molar-refractivity contribution >= 4 is 22.6 Å². The maximum atomic E-state index is 6.02. The van der Waals surface area contributed by atoms with E-state index in [4.69, 9.17) is 11.6 Å². The molecular formula is C18H13ClN4. The number of hydrogen-bond donors (Lipinski definition) is 1. The lowest BCUT2D eigenvalue weighted by atomic mass is 10.2. The summed E-state index contributed by atoms with van der Waals surface area (Å²) >= 11 is 6.02. The number of rotatable bonds is 2. The zero-order chi connectivity index (χ0) is 15.8. The zero-order valence-corrected chi connectivity index (χ0v) is 13.2. The molecule has 0 spiro atoms. The van der Waals surface area contributed by atoms with Crippen molar-refractivity contribution in [3.63, 3.8) is 0 Å². The topological polar surface area (TPSA) is 54.5 Å². The first-order valence-corrected chi connectivity index (χ1v) is 7.62. The number of fused-ring (bicyclic) bond motifs is 1. The van der Waals surface area contributed by atoms with Crippen LogP contribution in [0.3, 0.4) is 0 Å². The summed E-state index contributed by atoms with van der Waals surface area (Å²) in [7, 11) is 0. The van der Waals surface area contributed by atoms with E-state index in [1.165, 1.54) is 0 Å². The molecule has 0 radical (unpaired) electrons. The molecule has 0 bridgehead atoms. The molecule has 1 N–H and O–H groups in total. The van der Waals surface area contributed by atoms with Crippen molar-refractivity contribution < 1.29 is 0 Å². The van der Waals surface area contributed by atoms with Crippen LogP contribution in [0, 0.1) is 6.92 Å². The van der Waals surface area contributed by atoms with Crippen LogP contribution in [0.5, 0.6) is 0 Å². The molecule has 0 fully saturated rings. The Morgan fingerprint density at radius 3 is 2.61 bits per heavy atom. The Morgan fingerprint density at radius 1 is 0.913 bits per heavy atom. The van der Waals surface area contributed by atoms with Crippen LogP contribution < -0.4 is 0 Å². The molecule has 4 nitrogen and oxygen atoms in total. The Morgan fingerprint density at radius 2 is 1.78 bits per heavy atom. The number of nitrogens with one attached hydrogen (secondary N) is 1. The van der Waals surface area contributed by atoms with Crippen LogP contribution in [0.15, 0.2) is 54.7 Å². The van der Waals surface area contributed by atoms with Crippen LogP contribution >= 0.6 is 11.6 Å². The summed E-state index contributed by atoms with van der Waals surface area (Å²) in [6, 6.07) is 15.4. The van der Waals surface area contributed by atoms with E-state index in [1.54, 1.807) is 0 Å². The van der Waals surface area contributed by atoms with Gasteiger partial charge in [0, 0.05) is 11.2 Å². The monoisotopic (exact) mass is 320 g/mol. The molecule has 0 aliphatic rings. The van der Waals surface area contributed by atoms with E-state index in [2.05, 4.69) is 19.9 Å². The molecule has 0 aliphatic heterocycles. The summed E-state index contributed by atoms with van der Waals surface area (Å²) in [6.45, 7) is 2.01. The van der Waals surface area contributed by atoms with Crippen LogP contribution in [0.25, 0.3) is 33.9 Å². The lowest BCUT2D eigenvalue weighted by molar-refractivity contribution is 1.20. The molecule has 0 saturated carbocycles. The standard InChI is InChI=1S/C18H13ClN4/c1-11-5-7-13(20-10-11)14-3-2-4-16(21-14)18-22-15-8-6-12(19)9-17(15)23-18/h2-10H,1H3,(H,22,23). The molecule has 3 aromatic heterocycles. The zero-order valence-electron chi connectivity index (χ0n) is 12.4. The fraction of sp³-hybridized carbons (Fsp3) is 0.0556. The van der Waals surface area contributed by atoms with Gasteiger partial charge in [0.1, 0.15) is 5.69 Å². The van der Waals surface area contributed by atoms with Crippen LogP contribution in [0.1, 0.15) is 5.56 Å². The minimum atomic E-state index is 0.679. The largest absolute Gasteiger partial charge is 0.337 e. The second-order valence-corrected chi connectivity index (χ2v) is 5.81. The molecular weight excluding hydrogens is 308 g/mol. The molecule has 4 aromatic rings. The number of aromatic nitrogens is 4. The molecule has 0 atom stereocenters. The maximum Gasteiger partial charge on any atom is 0.157 e. The summed E-state index contributed by atoms with van der Waals surface area (Å²) in [6.07, 6.45) is 1.84. The average Bonchev–Trinajstić information content (AvgIpc) is 2.99. The van der Waals surface area contributed by atoms with E-state index in [0.717, 1.165) is 39.5 Å². The summed E-state index contributed by atoms with van der Waals surface area (Å²) in [5.74, 6) is 0.719. The summed E-state index contributed by atoms with van der Waals surface area (Å²) in [4.78, 5) is 16.9. The first kappa shape index (κ1) is 13.9. The van der Waals surface area contributed by atoms with Crippen molar-refractivity contribution in [3.05, 3.63) is 65.3 Å². The highest BCUT2D eigenvalue weighted by Gasteiger charge is 2.09. The van der Waals surface area contributed by atoms with Gasteiger partial charge < -0.3 is 4.98 Å². The number of benzene rings is 1. The van der Waals surface area contributed by atoms with Crippen molar-refractivity contribution in [1.29, 1.82) is 0 Å². The van der Waals surface area contributed by atoms with Gasteiger partial charge in [-0.25, -0.2) is 9.97 Å². The molecule has 1 aromatic carbocycles. The molecule has 4 rings (SSSR count). The lowest BCUT2D eigenvalue weighted by Gasteiger charge is -2.02. The fourth-order valence-electron chi connectivity index (χ4n) is 2.43. The third-order valence-electron chi connectivity index (χ3n) is 3.61. The van der Waals surface area contributed by atoms with Crippen molar-refractivity contribution in [3.8, 4) is 22.9 Å². The number of aromatic amines is 1. The Balaban J connectivity index is 1.79. The first-order valence-electron chi connectivity index (χ1n) is 7.25. The van der Waals surface area contributed by atoms with Gasteiger partial charge in [0.2, 0.25) is 0 Å². The van der Waals surface area contributed by atoms with E-state index in [-0.39, 0.29) is 0 Å². The van der Waals surface area contributed by atoms with Crippen molar-refractivity contribution in [2.24, 2.45) is 0 Å². The normalized spacial score (nSPS) is 11.0. The highest BCUT2D eigenvalue weighted by Crippen LogP contribution is 2.23. The summed E-state index contributed by atoms with van der Waals surface area (Å²) in [5, 5.41) is 0.679. The van der Waals surface area contributed by atoms with Gasteiger partial charge in [-0.2, -0.15) is 0 Å². The minimum Gasteiger partial charge on any atom is -0.337 e. The van der Waals surface area contributed by atoms with E-state index in [0.29, 0.717) is 5.02 Å². The quantitative estimate of drug-likeness (QED) is 0.585. The fourth-order valence-corrected chi connectivity index (χ4v) is 2.60. The second-order valence-electron chi connectivity index (χ2n) is 5.38. The predicted octanol–water partition coefficient (Wildman–Crippen LogP) is 4.65. The summed E-state index contributed by atoms with van der Waals surface area (Å²) < 4.78 is 0.